The van der Waals surface area contributed by atoms with E-state index >= 15 is 0 Å². The predicted octanol–water partition coefficient (Wildman–Crippen LogP) is 1.75. The van der Waals surface area contributed by atoms with E-state index in [2.05, 4.69) is 16.0 Å². The van der Waals surface area contributed by atoms with Crippen LogP contribution in [0, 0.1) is 5.82 Å². The number of hydrogen-bond donors (Lipinski definition) is 3. The maximum atomic E-state index is 13.4. The van der Waals surface area contributed by atoms with Gasteiger partial charge >= 0.3 is 0 Å². The van der Waals surface area contributed by atoms with Crippen LogP contribution < -0.4 is 16.0 Å². The molecule has 106 valence electrons. The van der Waals surface area contributed by atoms with Gasteiger partial charge in [0.1, 0.15) is 5.82 Å². The number of carbonyl (C=O) groups is 2. The lowest BCUT2D eigenvalue weighted by Gasteiger charge is -2.09. The van der Waals surface area contributed by atoms with Crippen molar-refractivity contribution in [3.05, 3.63) is 24.0 Å². The zero-order valence-electron chi connectivity index (χ0n) is 10.7. The lowest BCUT2D eigenvalue weighted by molar-refractivity contribution is -0.116. The van der Waals surface area contributed by atoms with Crippen molar-refractivity contribution in [1.82, 2.24) is 5.32 Å². The Kier molecular flexibility index (Phi) is 7.71. The summed E-state index contributed by atoms with van der Waals surface area (Å²) in [6.07, 6.45) is 0.250. The van der Waals surface area contributed by atoms with Crippen molar-refractivity contribution in [2.45, 2.75) is 13.3 Å². The van der Waals surface area contributed by atoms with Crippen molar-refractivity contribution in [3.8, 4) is 0 Å². The molecule has 3 N–H and O–H groups in total. The van der Waals surface area contributed by atoms with E-state index in [1.807, 2.05) is 0 Å². The van der Waals surface area contributed by atoms with Gasteiger partial charge in [-0.25, -0.2) is 4.39 Å². The van der Waals surface area contributed by atoms with Crippen molar-refractivity contribution in [1.29, 1.82) is 0 Å². The second-order valence-electron chi connectivity index (χ2n) is 3.78. The summed E-state index contributed by atoms with van der Waals surface area (Å²) < 4.78 is 13.4. The largest absolute Gasteiger partial charge is 0.326 e. The van der Waals surface area contributed by atoms with Gasteiger partial charge in [0.2, 0.25) is 11.8 Å². The van der Waals surface area contributed by atoms with E-state index in [1.54, 1.807) is 7.05 Å². The van der Waals surface area contributed by atoms with Crippen molar-refractivity contribution in [2.24, 2.45) is 0 Å². The Morgan fingerprint density at radius 1 is 1.26 bits per heavy atom. The molecule has 0 spiro atoms. The van der Waals surface area contributed by atoms with Crippen molar-refractivity contribution >= 4 is 35.6 Å². The highest BCUT2D eigenvalue weighted by Crippen LogP contribution is 2.19. The number of amides is 2. The molecule has 19 heavy (non-hydrogen) atoms. The van der Waals surface area contributed by atoms with E-state index in [9.17, 15) is 14.0 Å². The normalized spacial score (nSPS) is 9.42. The highest BCUT2D eigenvalue weighted by Gasteiger charge is 2.08. The summed E-state index contributed by atoms with van der Waals surface area (Å²) in [6, 6.07) is 4.01. The van der Waals surface area contributed by atoms with E-state index in [-0.39, 0.29) is 36.3 Å². The fraction of sp³-hybridized carbons (Fsp3) is 0.333. The van der Waals surface area contributed by atoms with Crippen molar-refractivity contribution in [2.75, 3.05) is 24.2 Å². The van der Waals surface area contributed by atoms with Crippen LogP contribution in [0.5, 0.6) is 0 Å². The molecule has 0 unspecified atom stereocenters. The summed E-state index contributed by atoms with van der Waals surface area (Å²) in [5.74, 6) is -1.08. The molecule has 1 aromatic rings. The minimum absolute atomic E-state index is 0. The van der Waals surface area contributed by atoms with Gasteiger partial charge in [0.15, 0.2) is 0 Å². The quantitative estimate of drug-likeness (QED) is 0.773. The molecule has 0 aromatic heterocycles. The summed E-state index contributed by atoms with van der Waals surface area (Å²) in [5.41, 5.74) is 0.496. The lowest BCUT2D eigenvalue weighted by Crippen LogP contribution is -2.19. The Morgan fingerprint density at radius 3 is 2.53 bits per heavy atom. The minimum atomic E-state index is -0.540. The molecule has 5 nitrogen and oxygen atoms in total. The van der Waals surface area contributed by atoms with Gasteiger partial charge in [0.25, 0.3) is 0 Å². The van der Waals surface area contributed by atoms with Gasteiger partial charge in [0.05, 0.1) is 5.69 Å². The molecule has 0 radical (unpaired) electrons. The third kappa shape index (κ3) is 6.17. The van der Waals surface area contributed by atoms with E-state index in [0.717, 1.165) is 0 Å². The maximum absolute atomic E-state index is 13.4. The Labute approximate surface area is 117 Å². The second kappa shape index (κ2) is 8.44. The monoisotopic (exact) mass is 289 g/mol. The standard InChI is InChI=1S/C12H16FN3O2.ClH/c1-8(17)15-9-3-4-10(13)11(7-9)16-12(18)5-6-14-2;/h3-4,7,14H,5-6H2,1-2H3,(H,15,17)(H,16,18);1H. The molecule has 1 rings (SSSR count). The minimum Gasteiger partial charge on any atom is -0.326 e. The molecule has 0 atom stereocenters. The fourth-order valence-corrected chi connectivity index (χ4v) is 1.35. The molecule has 1 aromatic carbocycles. The predicted molar refractivity (Wildman–Crippen MR) is 75.1 cm³/mol. The van der Waals surface area contributed by atoms with Crippen molar-refractivity contribution in [3.63, 3.8) is 0 Å². The van der Waals surface area contributed by atoms with Crippen LogP contribution >= 0.6 is 12.4 Å². The molecule has 0 fully saturated rings. The van der Waals surface area contributed by atoms with Crippen molar-refractivity contribution < 1.29 is 14.0 Å². The molecule has 0 aliphatic carbocycles. The highest BCUT2D eigenvalue weighted by molar-refractivity contribution is 5.93. The third-order valence-corrected chi connectivity index (χ3v) is 2.16. The number of halogens is 2. The number of rotatable bonds is 5. The van der Waals surface area contributed by atoms with Crippen LogP contribution in [0.2, 0.25) is 0 Å². The van der Waals surface area contributed by atoms with Crippen LogP contribution in [0.1, 0.15) is 13.3 Å². The smallest absolute Gasteiger partial charge is 0.225 e. The highest BCUT2D eigenvalue weighted by atomic mass is 35.5. The van der Waals surface area contributed by atoms with Gasteiger partial charge in [0, 0.05) is 25.6 Å². The van der Waals surface area contributed by atoms with E-state index in [4.69, 9.17) is 0 Å². The van der Waals surface area contributed by atoms with Gasteiger partial charge in [-0.3, -0.25) is 9.59 Å². The van der Waals surface area contributed by atoms with Gasteiger partial charge < -0.3 is 16.0 Å². The zero-order chi connectivity index (χ0) is 13.5. The topological polar surface area (TPSA) is 70.2 Å². The average molecular weight is 290 g/mol. The van der Waals surface area contributed by atoms with E-state index < -0.39 is 5.82 Å². The zero-order valence-corrected chi connectivity index (χ0v) is 11.6. The number of anilines is 2. The molecule has 0 saturated heterocycles. The summed E-state index contributed by atoms with van der Waals surface area (Å²) in [5, 5.41) is 7.80. The van der Waals surface area contributed by atoms with E-state index in [0.29, 0.717) is 12.2 Å². The SMILES string of the molecule is CNCCC(=O)Nc1cc(NC(C)=O)ccc1F.Cl. The summed E-state index contributed by atoms with van der Waals surface area (Å²) >= 11 is 0. The third-order valence-electron chi connectivity index (χ3n) is 2.16. The molecular weight excluding hydrogens is 273 g/mol. The Morgan fingerprint density at radius 2 is 1.95 bits per heavy atom. The molecule has 0 aliphatic heterocycles. The first-order valence-corrected chi connectivity index (χ1v) is 5.54. The van der Waals surface area contributed by atoms with Crippen LogP contribution in [0.25, 0.3) is 0 Å². The maximum Gasteiger partial charge on any atom is 0.225 e. The number of nitrogens with one attached hydrogen (secondary N) is 3. The average Bonchev–Trinajstić information content (AvgIpc) is 2.30. The van der Waals surface area contributed by atoms with Gasteiger partial charge in [-0.05, 0) is 25.2 Å². The van der Waals surface area contributed by atoms with Crippen LogP contribution in [0.3, 0.4) is 0 Å². The molecule has 7 heteroatoms. The number of hydrogen-bond acceptors (Lipinski definition) is 3. The van der Waals surface area contributed by atoms with Gasteiger partial charge in [-0.2, -0.15) is 0 Å². The summed E-state index contributed by atoms with van der Waals surface area (Å²) in [7, 11) is 1.73. The lowest BCUT2D eigenvalue weighted by atomic mass is 10.2. The first-order valence-electron chi connectivity index (χ1n) is 5.54. The molecule has 0 saturated carbocycles. The molecule has 0 heterocycles. The number of carbonyl (C=O) groups excluding carboxylic acids is 2. The number of benzene rings is 1. The Balaban J connectivity index is 0.00000324. The molecule has 0 bridgehead atoms. The Bertz CT molecular complexity index is 455. The first-order chi connectivity index (χ1) is 8.52. The Hall–Kier alpha value is -1.66. The van der Waals surface area contributed by atoms with Gasteiger partial charge in [-0.15, -0.1) is 12.4 Å². The van der Waals surface area contributed by atoms with Crippen LogP contribution in [0.15, 0.2) is 18.2 Å². The molecular formula is C12H17ClFN3O2. The van der Waals surface area contributed by atoms with Crippen LogP contribution in [-0.2, 0) is 9.59 Å². The summed E-state index contributed by atoms with van der Waals surface area (Å²) in [6.45, 7) is 1.87. The van der Waals surface area contributed by atoms with Crippen LogP contribution in [0.4, 0.5) is 15.8 Å². The molecule has 0 aliphatic rings. The van der Waals surface area contributed by atoms with E-state index in [1.165, 1.54) is 25.1 Å². The first kappa shape index (κ1) is 17.3. The second-order valence-corrected chi connectivity index (χ2v) is 3.78. The van der Waals surface area contributed by atoms with Gasteiger partial charge in [-0.1, -0.05) is 0 Å². The summed E-state index contributed by atoms with van der Waals surface area (Å²) in [4.78, 5) is 22.3. The fourth-order valence-electron chi connectivity index (χ4n) is 1.35. The molecule has 2 amide bonds. The van der Waals surface area contributed by atoms with Crippen LogP contribution in [-0.4, -0.2) is 25.4 Å².